The van der Waals surface area contributed by atoms with Crippen LogP contribution in [0.15, 0.2) is 0 Å². The van der Waals surface area contributed by atoms with Crippen molar-refractivity contribution in [1.82, 2.24) is 10.6 Å². The molecular weight excluding hydrogens is 352 g/mol. The minimum absolute atomic E-state index is 0.282. The molecule has 0 fully saturated rings. The SMILES string of the molecule is CC(C)(C)OC(=O)NCCC[C@H](NC(=O)OC(C)(C)C)C(=O)OC(C)(C)C. The maximum absolute atomic E-state index is 12.4. The molecular formula is C19H36N2O6. The zero-order valence-corrected chi connectivity index (χ0v) is 18.1. The molecule has 27 heavy (non-hydrogen) atoms. The number of amides is 2. The van der Waals surface area contributed by atoms with E-state index < -0.39 is 41.0 Å². The Kier molecular flexibility index (Phi) is 9.08. The fourth-order valence-corrected chi connectivity index (χ4v) is 1.88. The third kappa shape index (κ3) is 14.8. The summed E-state index contributed by atoms with van der Waals surface area (Å²) in [4.78, 5) is 36.0. The van der Waals surface area contributed by atoms with Crippen molar-refractivity contribution in [3.8, 4) is 0 Å². The van der Waals surface area contributed by atoms with Gasteiger partial charge in [0.15, 0.2) is 0 Å². The van der Waals surface area contributed by atoms with Crippen LogP contribution in [0.3, 0.4) is 0 Å². The Bertz CT molecular complexity index is 512. The molecule has 0 aliphatic carbocycles. The van der Waals surface area contributed by atoms with E-state index >= 15 is 0 Å². The van der Waals surface area contributed by atoms with Gasteiger partial charge in [-0.05, 0) is 75.2 Å². The third-order valence-electron chi connectivity index (χ3n) is 2.72. The first-order chi connectivity index (χ1) is 12.0. The molecule has 0 radical (unpaired) electrons. The number of ether oxygens (including phenoxy) is 3. The fraction of sp³-hybridized carbons (Fsp3) is 0.842. The van der Waals surface area contributed by atoms with Gasteiger partial charge < -0.3 is 24.8 Å². The Labute approximate surface area is 162 Å². The van der Waals surface area contributed by atoms with Crippen molar-refractivity contribution < 1.29 is 28.6 Å². The third-order valence-corrected chi connectivity index (χ3v) is 2.72. The van der Waals surface area contributed by atoms with Gasteiger partial charge in [0.25, 0.3) is 0 Å². The Morgan fingerprint density at radius 1 is 0.741 bits per heavy atom. The standard InChI is InChI=1S/C19H36N2O6/c1-17(2,3)25-14(22)13(21-16(24)27-19(7,8)9)11-10-12-20-15(23)26-18(4,5)6/h13H,10-12H2,1-9H3,(H,20,23)(H,21,24)/t13-/m0/s1. The Hall–Kier alpha value is -1.99. The van der Waals surface area contributed by atoms with E-state index in [1.165, 1.54) is 0 Å². The van der Waals surface area contributed by atoms with Gasteiger partial charge in [0.05, 0.1) is 0 Å². The summed E-state index contributed by atoms with van der Waals surface area (Å²) >= 11 is 0. The fourth-order valence-electron chi connectivity index (χ4n) is 1.88. The second-order valence-electron chi connectivity index (χ2n) is 9.30. The number of hydrogen-bond donors (Lipinski definition) is 2. The summed E-state index contributed by atoms with van der Waals surface area (Å²) in [5.41, 5.74) is -1.94. The summed E-state index contributed by atoms with van der Waals surface area (Å²) in [6.07, 6.45) is -0.502. The lowest BCUT2D eigenvalue weighted by molar-refractivity contribution is -0.157. The zero-order chi connectivity index (χ0) is 21.5. The highest BCUT2D eigenvalue weighted by Crippen LogP contribution is 2.12. The molecule has 2 amide bonds. The van der Waals surface area contributed by atoms with Crippen LogP contribution in [0.4, 0.5) is 9.59 Å². The summed E-state index contributed by atoms with van der Waals surface area (Å²) in [5, 5.41) is 5.16. The van der Waals surface area contributed by atoms with Crippen molar-refractivity contribution in [2.45, 2.75) is 98.0 Å². The van der Waals surface area contributed by atoms with Crippen LogP contribution < -0.4 is 10.6 Å². The van der Waals surface area contributed by atoms with E-state index in [-0.39, 0.29) is 6.42 Å². The molecule has 0 spiro atoms. The van der Waals surface area contributed by atoms with Crippen LogP contribution in [0, 0.1) is 0 Å². The predicted octanol–water partition coefficient (Wildman–Crippen LogP) is 3.53. The number of esters is 1. The van der Waals surface area contributed by atoms with Crippen LogP contribution in [0.25, 0.3) is 0 Å². The number of carbonyl (C=O) groups excluding carboxylic acids is 3. The minimum Gasteiger partial charge on any atom is -0.458 e. The van der Waals surface area contributed by atoms with Gasteiger partial charge in [-0.3, -0.25) is 0 Å². The number of hydrogen-bond acceptors (Lipinski definition) is 6. The van der Waals surface area contributed by atoms with Crippen molar-refractivity contribution in [3.05, 3.63) is 0 Å². The highest BCUT2D eigenvalue weighted by Gasteiger charge is 2.28. The lowest BCUT2D eigenvalue weighted by Gasteiger charge is -2.26. The number of rotatable bonds is 6. The number of alkyl carbamates (subject to hydrolysis) is 2. The smallest absolute Gasteiger partial charge is 0.408 e. The molecule has 0 aromatic carbocycles. The number of nitrogens with one attached hydrogen (secondary N) is 2. The lowest BCUT2D eigenvalue weighted by Crippen LogP contribution is -2.46. The molecule has 1 atom stereocenters. The van der Waals surface area contributed by atoms with Gasteiger partial charge in [-0.1, -0.05) is 0 Å². The van der Waals surface area contributed by atoms with E-state index in [4.69, 9.17) is 14.2 Å². The topological polar surface area (TPSA) is 103 Å². The summed E-state index contributed by atoms with van der Waals surface area (Å²) in [5.74, 6) is -0.550. The largest absolute Gasteiger partial charge is 0.458 e. The Morgan fingerprint density at radius 2 is 1.19 bits per heavy atom. The zero-order valence-electron chi connectivity index (χ0n) is 18.1. The summed E-state index contributed by atoms with van der Waals surface area (Å²) in [6.45, 7) is 16.1. The van der Waals surface area contributed by atoms with Gasteiger partial charge in [-0.2, -0.15) is 0 Å². The molecule has 0 saturated heterocycles. The lowest BCUT2D eigenvalue weighted by atomic mass is 10.1. The normalized spacial score (nSPS) is 13.4. The van der Waals surface area contributed by atoms with Crippen molar-refractivity contribution in [1.29, 1.82) is 0 Å². The van der Waals surface area contributed by atoms with Gasteiger partial charge in [0, 0.05) is 6.54 Å². The molecule has 0 unspecified atom stereocenters. The van der Waals surface area contributed by atoms with Gasteiger partial charge in [0.1, 0.15) is 22.8 Å². The molecule has 0 aliphatic rings. The molecule has 8 nitrogen and oxygen atoms in total. The quantitative estimate of drug-likeness (QED) is 0.410. The van der Waals surface area contributed by atoms with Crippen LogP contribution in [-0.2, 0) is 19.0 Å². The van der Waals surface area contributed by atoms with E-state index in [2.05, 4.69) is 10.6 Å². The second kappa shape index (κ2) is 9.80. The first-order valence-electron chi connectivity index (χ1n) is 9.18. The van der Waals surface area contributed by atoms with Gasteiger partial charge in [-0.15, -0.1) is 0 Å². The van der Waals surface area contributed by atoms with Crippen molar-refractivity contribution in [2.24, 2.45) is 0 Å². The molecule has 0 saturated carbocycles. The van der Waals surface area contributed by atoms with Crippen molar-refractivity contribution in [2.75, 3.05) is 6.54 Å². The van der Waals surface area contributed by atoms with E-state index in [0.717, 1.165) is 0 Å². The summed E-state index contributed by atoms with van der Waals surface area (Å²) in [6, 6.07) is -0.875. The molecule has 158 valence electrons. The molecule has 8 heteroatoms. The van der Waals surface area contributed by atoms with Crippen molar-refractivity contribution in [3.63, 3.8) is 0 Å². The molecule has 0 aliphatic heterocycles. The van der Waals surface area contributed by atoms with Crippen molar-refractivity contribution >= 4 is 18.2 Å². The minimum atomic E-state index is -0.875. The monoisotopic (exact) mass is 388 g/mol. The Balaban J connectivity index is 4.69. The second-order valence-corrected chi connectivity index (χ2v) is 9.30. The first-order valence-corrected chi connectivity index (χ1v) is 9.18. The van der Waals surface area contributed by atoms with Crippen LogP contribution in [-0.4, -0.2) is 47.5 Å². The van der Waals surface area contributed by atoms with Gasteiger partial charge in [-0.25, -0.2) is 14.4 Å². The molecule has 0 aromatic heterocycles. The maximum atomic E-state index is 12.4. The number of carbonyl (C=O) groups is 3. The molecule has 0 heterocycles. The average Bonchev–Trinajstić information content (AvgIpc) is 2.35. The van der Waals surface area contributed by atoms with Gasteiger partial charge >= 0.3 is 18.2 Å². The van der Waals surface area contributed by atoms with Crippen LogP contribution >= 0.6 is 0 Å². The molecule has 0 aromatic rings. The first kappa shape index (κ1) is 25.0. The van der Waals surface area contributed by atoms with Crippen LogP contribution in [0.5, 0.6) is 0 Å². The predicted molar refractivity (Wildman–Crippen MR) is 102 cm³/mol. The summed E-state index contributed by atoms with van der Waals surface area (Å²) in [7, 11) is 0. The average molecular weight is 389 g/mol. The highest BCUT2D eigenvalue weighted by molar-refractivity contribution is 5.81. The Morgan fingerprint density at radius 3 is 1.63 bits per heavy atom. The molecule has 2 N–H and O–H groups in total. The van der Waals surface area contributed by atoms with Gasteiger partial charge in [0.2, 0.25) is 0 Å². The van der Waals surface area contributed by atoms with E-state index in [0.29, 0.717) is 13.0 Å². The summed E-state index contributed by atoms with van der Waals surface area (Å²) < 4.78 is 15.7. The van der Waals surface area contributed by atoms with Crippen LogP contribution in [0.1, 0.15) is 75.2 Å². The maximum Gasteiger partial charge on any atom is 0.408 e. The molecule has 0 rings (SSSR count). The van der Waals surface area contributed by atoms with Crippen LogP contribution in [0.2, 0.25) is 0 Å². The highest BCUT2D eigenvalue weighted by atomic mass is 16.6. The van der Waals surface area contributed by atoms with E-state index in [1.54, 1.807) is 62.3 Å². The van der Waals surface area contributed by atoms with E-state index in [1.807, 2.05) is 0 Å². The molecule has 0 bridgehead atoms. The van der Waals surface area contributed by atoms with E-state index in [9.17, 15) is 14.4 Å².